The fourth-order valence-corrected chi connectivity index (χ4v) is 6.14. The van der Waals surface area contributed by atoms with Crippen LogP contribution in [0.2, 0.25) is 0 Å². The zero-order valence-corrected chi connectivity index (χ0v) is 37.8. The molecule has 0 fully saturated rings. The lowest BCUT2D eigenvalue weighted by molar-refractivity contribution is -0.163. The second kappa shape index (κ2) is 48.2. The molecule has 58 heavy (non-hydrogen) atoms. The molecule has 0 N–H and O–H groups in total. The lowest BCUT2D eigenvalue weighted by atomic mass is 10.1. The Morgan fingerprint density at radius 2 is 0.776 bits per heavy atom. The number of carbonyl (C=O) groups is 2. The molecule has 0 radical (unpaired) electrons. The van der Waals surface area contributed by atoms with Gasteiger partial charge in [-0.1, -0.05) is 189 Å². The molecular weight excluding hydrogens is 717 g/mol. The number of unbranched alkanes of at least 4 members (excludes halogenated alkanes) is 15. The molecule has 0 bridgehead atoms. The summed E-state index contributed by atoms with van der Waals surface area (Å²) >= 11 is 0. The molecule has 0 saturated carbocycles. The van der Waals surface area contributed by atoms with E-state index in [4.69, 9.17) is 14.2 Å². The predicted octanol–water partition coefficient (Wildman–Crippen LogP) is 15.9. The first-order chi connectivity index (χ1) is 28.6. The van der Waals surface area contributed by atoms with Crippen molar-refractivity contribution in [3.63, 3.8) is 0 Å². The minimum absolute atomic E-state index is 0.0627. The van der Waals surface area contributed by atoms with Crippen molar-refractivity contribution < 1.29 is 23.8 Å². The maximum Gasteiger partial charge on any atom is 0.306 e. The van der Waals surface area contributed by atoms with Crippen LogP contribution in [0.15, 0.2) is 97.2 Å². The highest BCUT2D eigenvalue weighted by atomic mass is 16.6. The van der Waals surface area contributed by atoms with E-state index in [9.17, 15) is 9.59 Å². The smallest absolute Gasteiger partial charge is 0.306 e. The van der Waals surface area contributed by atoms with E-state index in [2.05, 4.69) is 118 Å². The van der Waals surface area contributed by atoms with E-state index < -0.39 is 6.10 Å². The van der Waals surface area contributed by atoms with Crippen molar-refractivity contribution in [3.05, 3.63) is 97.2 Å². The molecule has 0 rings (SSSR count). The molecule has 0 spiro atoms. The summed E-state index contributed by atoms with van der Waals surface area (Å²) in [6, 6.07) is 0. The monoisotopic (exact) mass is 805 g/mol. The topological polar surface area (TPSA) is 61.8 Å². The zero-order valence-electron chi connectivity index (χ0n) is 37.8. The Labute approximate surface area is 358 Å². The molecule has 1 atom stereocenters. The first kappa shape index (κ1) is 54.8. The van der Waals surface area contributed by atoms with Gasteiger partial charge in [-0.15, -0.1) is 0 Å². The molecule has 5 nitrogen and oxygen atoms in total. The molecule has 0 aliphatic rings. The molecule has 5 heteroatoms. The Bertz CT molecular complexity index is 1140. The van der Waals surface area contributed by atoms with Gasteiger partial charge in [-0.25, -0.2) is 0 Å². The number of hydrogen-bond donors (Lipinski definition) is 0. The van der Waals surface area contributed by atoms with Gasteiger partial charge in [0.15, 0.2) is 6.10 Å². The van der Waals surface area contributed by atoms with Crippen LogP contribution in [-0.2, 0) is 23.8 Å². The summed E-state index contributed by atoms with van der Waals surface area (Å²) in [6.07, 6.45) is 64.4. The van der Waals surface area contributed by atoms with Gasteiger partial charge < -0.3 is 14.2 Å². The van der Waals surface area contributed by atoms with E-state index in [0.717, 1.165) is 116 Å². The molecule has 0 aromatic heterocycles. The average molecular weight is 805 g/mol. The van der Waals surface area contributed by atoms with Crippen LogP contribution in [0, 0.1) is 0 Å². The van der Waals surface area contributed by atoms with Gasteiger partial charge in [0.25, 0.3) is 0 Å². The third-order valence-electron chi connectivity index (χ3n) is 9.62. The first-order valence-corrected chi connectivity index (χ1v) is 23.8. The predicted molar refractivity (Wildman–Crippen MR) is 251 cm³/mol. The van der Waals surface area contributed by atoms with E-state index in [1.165, 1.54) is 51.4 Å². The largest absolute Gasteiger partial charge is 0.462 e. The number of carbonyl (C=O) groups excluding carboxylic acids is 2. The molecule has 0 aromatic rings. The van der Waals surface area contributed by atoms with Gasteiger partial charge >= 0.3 is 11.9 Å². The summed E-state index contributed by atoms with van der Waals surface area (Å²) in [5.74, 6) is -0.450. The third kappa shape index (κ3) is 45.5. The van der Waals surface area contributed by atoms with Crippen LogP contribution in [0.4, 0.5) is 0 Å². The Balaban J connectivity index is 4.12. The van der Waals surface area contributed by atoms with Gasteiger partial charge in [-0.05, 0) is 96.3 Å². The molecule has 1 unspecified atom stereocenters. The number of esters is 2. The van der Waals surface area contributed by atoms with Crippen LogP contribution in [0.5, 0.6) is 0 Å². The van der Waals surface area contributed by atoms with Gasteiger partial charge in [-0.2, -0.15) is 0 Å². The van der Waals surface area contributed by atoms with Gasteiger partial charge in [0.2, 0.25) is 0 Å². The fraction of sp³-hybridized carbons (Fsp3) is 0.660. The Kier molecular flexibility index (Phi) is 45.5. The van der Waals surface area contributed by atoms with Crippen molar-refractivity contribution in [1.29, 1.82) is 0 Å². The third-order valence-corrected chi connectivity index (χ3v) is 9.62. The van der Waals surface area contributed by atoms with E-state index in [-0.39, 0.29) is 25.2 Å². The molecular formula is C53H88O5. The van der Waals surface area contributed by atoms with Gasteiger partial charge in [0, 0.05) is 19.4 Å². The summed E-state index contributed by atoms with van der Waals surface area (Å²) in [7, 11) is 0. The van der Waals surface area contributed by atoms with E-state index in [0.29, 0.717) is 19.4 Å². The summed E-state index contributed by atoms with van der Waals surface area (Å²) in [6.45, 7) is 7.46. The number of allylic oxidation sites excluding steroid dienone is 16. The second-order valence-corrected chi connectivity index (χ2v) is 15.3. The Hall–Kier alpha value is -3.18. The lowest BCUT2D eigenvalue weighted by Gasteiger charge is -2.18. The number of hydrogen-bond acceptors (Lipinski definition) is 5. The fourth-order valence-electron chi connectivity index (χ4n) is 6.14. The standard InChI is InChI=1S/C53H88O5/c1-4-7-10-13-15-17-19-21-23-25-26-27-29-31-33-35-37-39-42-45-48-56-49-51(58-53(55)47-44-40-12-9-6-3)50-57-52(54)46-43-41-38-36-34-32-30-28-24-22-20-18-16-14-11-8-5-2/h7-8,10-11,15-18,21-24,26-27,30,32,51H,4-6,9,12-14,19-20,25,28-29,31,33-50H2,1-3H3/b10-7-,11-8-,17-15-,18-16-,23-21-,24-22-,27-26-,32-30-. The highest BCUT2D eigenvalue weighted by Gasteiger charge is 2.17. The second-order valence-electron chi connectivity index (χ2n) is 15.3. The molecule has 0 amide bonds. The minimum atomic E-state index is -0.552. The van der Waals surface area contributed by atoms with Crippen LogP contribution in [0.1, 0.15) is 201 Å². The maximum absolute atomic E-state index is 12.6. The van der Waals surface area contributed by atoms with Crippen LogP contribution in [-0.4, -0.2) is 37.9 Å². The van der Waals surface area contributed by atoms with Crippen LogP contribution in [0.3, 0.4) is 0 Å². The van der Waals surface area contributed by atoms with E-state index in [1.807, 2.05) is 0 Å². The summed E-state index contributed by atoms with van der Waals surface area (Å²) in [5, 5.41) is 0. The minimum Gasteiger partial charge on any atom is -0.462 e. The molecule has 0 aliphatic carbocycles. The molecule has 0 saturated heterocycles. The summed E-state index contributed by atoms with van der Waals surface area (Å²) < 4.78 is 17.2. The average Bonchev–Trinajstić information content (AvgIpc) is 3.22. The van der Waals surface area contributed by atoms with Crippen molar-refractivity contribution in [2.75, 3.05) is 19.8 Å². The van der Waals surface area contributed by atoms with Crippen molar-refractivity contribution in [1.82, 2.24) is 0 Å². The SMILES string of the molecule is CC/C=C\C/C=C\C/C=C\C/C=C\CCCCCCCCCOCC(COC(=O)CCCCCC/C=C\C/C=C\C/C=C\C/C=C\CC)OC(=O)CCCCCCC. The van der Waals surface area contributed by atoms with Crippen LogP contribution in [0.25, 0.3) is 0 Å². The van der Waals surface area contributed by atoms with Gasteiger partial charge in [0.1, 0.15) is 6.61 Å². The van der Waals surface area contributed by atoms with E-state index in [1.54, 1.807) is 0 Å². The maximum atomic E-state index is 12.6. The molecule has 0 aromatic carbocycles. The zero-order chi connectivity index (χ0) is 42.1. The molecule has 0 heterocycles. The normalized spacial score (nSPS) is 13.1. The first-order valence-electron chi connectivity index (χ1n) is 23.8. The Morgan fingerprint density at radius 1 is 0.397 bits per heavy atom. The summed E-state index contributed by atoms with van der Waals surface area (Å²) in [5.41, 5.74) is 0. The van der Waals surface area contributed by atoms with Crippen molar-refractivity contribution >= 4 is 11.9 Å². The van der Waals surface area contributed by atoms with Crippen molar-refractivity contribution in [2.24, 2.45) is 0 Å². The highest BCUT2D eigenvalue weighted by molar-refractivity contribution is 5.70. The molecule has 0 aliphatic heterocycles. The molecule has 330 valence electrons. The number of rotatable bonds is 42. The highest BCUT2D eigenvalue weighted by Crippen LogP contribution is 2.12. The van der Waals surface area contributed by atoms with E-state index >= 15 is 0 Å². The van der Waals surface area contributed by atoms with Crippen molar-refractivity contribution in [3.8, 4) is 0 Å². The number of ether oxygens (including phenoxy) is 3. The summed E-state index contributed by atoms with van der Waals surface area (Å²) in [4.78, 5) is 25.1. The van der Waals surface area contributed by atoms with Gasteiger partial charge in [-0.3, -0.25) is 9.59 Å². The van der Waals surface area contributed by atoms with Crippen LogP contribution < -0.4 is 0 Å². The van der Waals surface area contributed by atoms with Crippen LogP contribution >= 0.6 is 0 Å². The van der Waals surface area contributed by atoms with Crippen molar-refractivity contribution in [2.45, 2.75) is 207 Å². The quantitative estimate of drug-likeness (QED) is 0.0349. The Morgan fingerprint density at radius 3 is 1.24 bits per heavy atom. The lowest BCUT2D eigenvalue weighted by Crippen LogP contribution is -2.30. The van der Waals surface area contributed by atoms with Gasteiger partial charge in [0.05, 0.1) is 6.61 Å².